The number of carbonyl (C=O) groups is 3. The Morgan fingerprint density at radius 2 is 2.14 bits per heavy atom. The van der Waals surface area contributed by atoms with Crippen LogP contribution in [-0.2, 0) is 20.8 Å². The number of nitrogens with zero attached hydrogens (tertiary/aromatic N) is 2. The van der Waals surface area contributed by atoms with Crippen LogP contribution in [0.1, 0.15) is 18.4 Å². The van der Waals surface area contributed by atoms with E-state index in [9.17, 15) is 24.6 Å². The van der Waals surface area contributed by atoms with Crippen LogP contribution in [0.2, 0.25) is 0 Å². The lowest BCUT2D eigenvalue weighted by Gasteiger charge is -2.16. The molecule has 0 saturated heterocycles. The molecule has 1 aromatic carbocycles. The van der Waals surface area contributed by atoms with E-state index in [0.717, 1.165) is 10.9 Å². The molecule has 0 radical (unpaired) electrons. The molecule has 1 amide bonds. The van der Waals surface area contributed by atoms with Crippen molar-refractivity contribution < 1.29 is 34.1 Å². The molecular weight excluding hydrogens is 368 g/mol. The van der Waals surface area contributed by atoms with Gasteiger partial charge in [-0.3, -0.25) is 9.59 Å². The summed E-state index contributed by atoms with van der Waals surface area (Å²) in [5.41, 5.74) is 9.73. The summed E-state index contributed by atoms with van der Waals surface area (Å²) in [7, 11) is 1.54. The van der Waals surface area contributed by atoms with Crippen LogP contribution in [0.4, 0.5) is 0 Å². The minimum atomic E-state index is -1.47. The molecule has 4 N–H and O–H groups in total. The van der Waals surface area contributed by atoms with Gasteiger partial charge < -0.3 is 30.8 Å². The van der Waals surface area contributed by atoms with Gasteiger partial charge >= 0.3 is 12.2 Å². The predicted octanol–water partition coefficient (Wildman–Crippen LogP) is 0.299. The second-order valence-corrected chi connectivity index (χ2v) is 6.09. The maximum atomic E-state index is 12.2. The van der Waals surface area contributed by atoms with Gasteiger partial charge in [0.05, 0.1) is 7.11 Å². The van der Waals surface area contributed by atoms with Crippen molar-refractivity contribution in [1.82, 2.24) is 10.3 Å². The average Bonchev–Trinajstić information content (AvgIpc) is 3.06. The highest BCUT2D eigenvalue weighted by Gasteiger charge is 2.25. The van der Waals surface area contributed by atoms with Gasteiger partial charge in [0.15, 0.2) is 0 Å². The van der Waals surface area contributed by atoms with E-state index < -0.39 is 29.8 Å². The second-order valence-electron chi connectivity index (χ2n) is 6.09. The van der Waals surface area contributed by atoms with Crippen LogP contribution in [0.25, 0.3) is 16.4 Å². The molecule has 1 aromatic heterocycles. The van der Waals surface area contributed by atoms with Gasteiger partial charge in [0.1, 0.15) is 17.9 Å². The minimum absolute atomic E-state index is 0.0272. The molecule has 10 nitrogen and oxygen atoms in total. The van der Waals surface area contributed by atoms with Gasteiger partial charge in [-0.05, 0) is 24.1 Å². The number of aliphatic hydroxyl groups is 1. The smallest absolute Gasteiger partial charge is 0.326 e. The topological polar surface area (TPSA) is 165 Å². The van der Waals surface area contributed by atoms with E-state index in [1.165, 1.54) is 0 Å². The highest BCUT2D eigenvalue weighted by atomic mass is 16.5. The molecule has 0 saturated carbocycles. The number of carbonyl (C=O) groups excluding carboxylic acids is 2. The third-order valence-corrected chi connectivity index (χ3v) is 4.19. The van der Waals surface area contributed by atoms with Crippen molar-refractivity contribution in [2.45, 2.75) is 31.4 Å². The number of ether oxygens (including phenoxy) is 1. The Hall–Kier alpha value is -3.49. The summed E-state index contributed by atoms with van der Waals surface area (Å²) in [6, 6.07) is 3.96. The number of fused-ring (bicyclic) bond motifs is 1. The number of Topliss-reactive ketones (excluding diaryl/α,β-unsaturated/α-hetero) is 1. The number of methoxy groups -OCH3 is 1. The van der Waals surface area contributed by atoms with Gasteiger partial charge in [-0.25, -0.2) is 4.79 Å². The molecule has 0 fully saturated rings. The number of aliphatic carboxylic acids is 1. The van der Waals surface area contributed by atoms with E-state index in [1.807, 2.05) is 0 Å². The van der Waals surface area contributed by atoms with Crippen LogP contribution in [0.15, 0.2) is 24.4 Å². The fraction of sp³-hybridized carbons (Fsp3) is 0.333. The van der Waals surface area contributed by atoms with Crippen molar-refractivity contribution in [3.8, 4) is 5.75 Å². The minimum Gasteiger partial charge on any atom is -0.497 e. The Bertz CT molecular complexity index is 931. The maximum absolute atomic E-state index is 12.2. The summed E-state index contributed by atoms with van der Waals surface area (Å²) >= 11 is 0. The van der Waals surface area contributed by atoms with E-state index >= 15 is 0 Å². The normalized spacial score (nSPS) is 12.6. The molecule has 28 heavy (non-hydrogen) atoms. The zero-order valence-electron chi connectivity index (χ0n) is 15.1. The van der Waals surface area contributed by atoms with Crippen LogP contribution in [-0.4, -0.2) is 63.1 Å². The number of rotatable bonds is 10. The van der Waals surface area contributed by atoms with E-state index in [2.05, 4.69) is 15.1 Å². The molecule has 10 heteroatoms. The number of hydrogen-bond donors (Lipinski definition) is 4. The number of aliphatic hydroxyl groups excluding tert-OH is 1. The van der Waals surface area contributed by atoms with Gasteiger partial charge in [-0.2, -0.15) is 4.79 Å². The first kappa shape index (κ1) is 20.8. The number of carboxylic acids is 1. The number of carboxylic acid groups (broad SMARTS) is 1. The van der Waals surface area contributed by atoms with Crippen molar-refractivity contribution >= 4 is 34.8 Å². The van der Waals surface area contributed by atoms with Gasteiger partial charge in [0, 0.05) is 36.0 Å². The Balaban J connectivity index is 2.01. The Kier molecular flexibility index (Phi) is 7.02. The van der Waals surface area contributed by atoms with E-state index in [-0.39, 0.29) is 19.3 Å². The van der Waals surface area contributed by atoms with Crippen molar-refractivity contribution in [2.75, 3.05) is 7.11 Å². The number of H-pyrrole nitrogens is 1. The van der Waals surface area contributed by atoms with Gasteiger partial charge in [0.25, 0.3) is 0 Å². The van der Waals surface area contributed by atoms with Crippen LogP contribution < -0.4 is 10.1 Å². The molecule has 0 spiro atoms. The van der Waals surface area contributed by atoms with Crippen molar-refractivity contribution in [3.63, 3.8) is 0 Å². The molecule has 0 aliphatic rings. The van der Waals surface area contributed by atoms with Crippen LogP contribution in [0.3, 0.4) is 0 Å². The zero-order valence-corrected chi connectivity index (χ0v) is 15.1. The Labute approximate surface area is 159 Å². The molecule has 0 aliphatic heterocycles. The summed E-state index contributed by atoms with van der Waals surface area (Å²) in [5, 5.41) is 22.4. The van der Waals surface area contributed by atoms with Gasteiger partial charge in [-0.1, -0.05) is 0 Å². The van der Waals surface area contributed by atoms with E-state index in [1.54, 1.807) is 31.5 Å². The fourth-order valence-electron chi connectivity index (χ4n) is 2.70. The van der Waals surface area contributed by atoms with Crippen molar-refractivity contribution in [2.24, 2.45) is 0 Å². The molecule has 0 aliphatic carbocycles. The summed E-state index contributed by atoms with van der Waals surface area (Å²) < 4.78 is 5.14. The number of ketones is 1. The largest absolute Gasteiger partial charge is 0.497 e. The summed E-state index contributed by atoms with van der Waals surface area (Å²) in [5.74, 6) is -2.13. The van der Waals surface area contributed by atoms with E-state index in [0.29, 0.717) is 17.5 Å². The monoisotopic (exact) mass is 388 g/mol. The third kappa shape index (κ3) is 5.26. The lowest BCUT2D eigenvalue weighted by atomic mass is 10.0. The third-order valence-electron chi connectivity index (χ3n) is 4.19. The highest BCUT2D eigenvalue weighted by molar-refractivity contribution is 6.25. The van der Waals surface area contributed by atoms with Crippen LogP contribution in [0.5, 0.6) is 5.75 Å². The van der Waals surface area contributed by atoms with E-state index in [4.69, 9.17) is 10.3 Å². The van der Waals surface area contributed by atoms with Crippen molar-refractivity contribution in [3.05, 3.63) is 35.5 Å². The Morgan fingerprint density at radius 1 is 1.39 bits per heavy atom. The lowest BCUT2D eigenvalue weighted by molar-refractivity contribution is -0.143. The molecule has 2 rings (SSSR count). The number of benzene rings is 1. The fourth-order valence-corrected chi connectivity index (χ4v) is 2.70. The second kappa shape index (κ2) is 9.45. The molecule has 148 valence electrons. The molecule has 1 heterocycles. The number of amides is 1. The van der Waals surface area contributed by atoms with Gasteiger partial charge in [-0.15, -0.1) is 0 Å². The standard InChI is InChI=1S/C18H20N4O6/c1-28-12-3-4-13-10(8-20-15(13)7-12)6-16(24)17(25)22-14(18(26)27)5-2-11(23)9-21-19/h3-4,7-9,14,16,20,24H,2,5-6H2,1H3,(H,22,25)(H,26,27)/t14-,16-/m0/s1. The Morgan fingerprint density at radius 3 is 2.79 bits per heavy atom. The first-order valence-corrected chi connectivity index (χ1v) is 8.41. The molecule has 0 bridgehead atoms. The number of aromatic nitrogens is 1. The summed E-state index contributed by atoms with van der Waals surface area (Å²) in [6.07, 6.45) is 0.370. The molecule has 0 unspecified atom stereocenters. The quantitative estimate of drug-likeness (QED) is 0.259. The SMILES string of the molecule is COc1ccc2c(C[C@H](O)C(=O)N[C@@H](CCC(=O)C=[N+]=[N-])C(=O)O)c[nH]c2c1. The average molecular weight is 388 g/mol. The van der Waals surface area contributed by atoms with Crippen LogP contribution in [0, 0.1) is 0 Å². The lowest BCUT2D eigenvalue weighted by Crippen LogP contribution is -2.46. The summed E-state index contributed by atoms with van der Waals surface area (Å²) in [6.45, 7) is 0. The molecule has 2 atom stereocenters. The molecular formula is C18H20N4O6. The van der Waals surface area contributed by atoms with Crippen LogP contribution >= 0.6 is 0 Å². The molecule has 2 aromatic rings. The summed E-state index contributed by atoms with van der Waals surface area (Å²) in [4.78, 5) is 40.3. The highest BCUT2D eigenvalue weighted by Crippen LogP contribution is 2.24. The maximum Gasteiger partial charge on any atom is 0.326 e. The zero-order chi connectivity index (χ0) is 20.7. The number of nitrogens with one attached hydrogen (secondary N) is 2. The predicted molar refractivity (Wildman–Crippen MR) is 98.1 cm³/mol. The first-order chi connectivity index (χ1) is 13.3. The van der Waals surface area contributed by atoms with Crippen molar-refractivity contribution in [1.29, 1.82) is 0 Å². The number of hydrogen-bond acceptors (Lipinski definition) is 5. The first-order valence-electron chi connectivity index (χ1n) is 8.41. The van der Waals surface area contributed by atoms with Gasteiger partial charge in [0.2, 0.25) is 11.7 Å². The number of aromatic amines is 1.